The Hall–Kier alpha value is -2.62. The molecule has 0 saturated heterocycles. The molecule has 0 unspecified atom stereocenters. The highest BCUT2D eigenvalue weighted by Gasteiger charge is 2.24. The molecule has 0 saturated carbocycles. The van der Waals surface area contributed by atoms with Gasteiger partial charge in [0.15, 0.2) is 5.13 Å². The fourth-order valence-corrected chi connectivity index (χ4v) is 4.65. The standard InChI is InChI=1S/C20H20FN3O3S2/c1-13(2)24(3)29(26,27)17-9-5-7-15(11-17)19(25)23-20-22-18(12-28-20)14-6-4-8-16(21)10-14/h4-13H,1-3H3,(H,22,23,25). The van der Waals surface area contributed by atoms with Crippen LogP contribution in [0.15, 0.2) is 58.8 Å². The van der Waals surface area contributed by atoms with Gasteiger partial charge in [-0.2, -0.15) is 4.31 Å². The summed E-state index contributed by atoms with van der Waals surface area (Å²) < 4.78 is 39.9. The Morgan fingerprint density at radius 1 is 1.17 bits per heavy atom. The van der Waals surface area contributed by atoms with Gasteiger partial charge < -0.3 is 0 Å². The minimum absolute atomic E-state index is 0.0425. The number of thiazole rings is 1. The first kappa shape index (κ1) is 21.1. The van der Waals surface area contributed by atoms with Gasteiger partial charge in [-0.15, -0.1) is 11.3 Å². The van der Waals surface area contributed by atoms with E-state index in [-0.39, 0.29) is 22.3 Å². The molecule has 0 aliphatic heterocycles. The maximum atomic E-state index is 13.4. The normalized spacial score (nSPS) is 11.8. The van der Waals surface area contributed by atoms with Crippen molar-refractivity contribution in [1.82, 2.24) is 9.29 Å². The molecule has 3 rings (SSSR count). The molecule has 0 fully saturated rings. The Labute approximate surface area is 173 Å². The Morgan fingerprint density at radius 2 is 1.90 bits per heavy atom. The van der Waals surface area contributed by atoms with Crippen LogP contribution in [0.25, 0.3) is 11.3 Å². The number of halogens is 1. The summed E-state index contributed by atoms with van der Waals surface area (Å²) in [6.45, 7) is 3.54. The summed E-state index contributed by atoms with van der Waals surface area (Å²) in [6.07, 6.45) is 0. The highest BCUT2D eigenvalue weighted by atomic mass is 32.2. The summed E-state index contributed by atoms with van der Waals surface area (Å²) in [6, 6.07) is 11.7. The SMILES string of the molecule is CC(C)N(C)S(=O)(=O)c1cccc(C(=O)Nc2nc(-c3cccc(F)c3)cs2)c1. The number of sulfonamides is 1. The van der Waals surface area contributed by atoms with E-state index < -0.39 is 15.9 Å². The summed E-state index contributed by atoms with van der Waals surface area (Å²) >= 11 is 1.20. The maximum Gasteiger partial charge on any atom is 0.257 e. The molecule has 152 valence electrons. The van der Waals surface area contributed by atoms with Crippen molar-refractivity contribution in [3.05, 3.63) is 65.3 Å². The second kappa shape index (κ2) is 8.40. The largest absolute Gasteiger partial charge is 0.298 e. The molecule has 0 atom stereocenters. The quantitative estimate of drug-likeness (QED) is 0.631. The van der Waals surface area contributed by atoms with Gasteiger partial charge in [0.1, 0.15) is 5.82 Å². The van der Waals surface area contributed by atoms with Crippen LogP contribution in [0.2, 0.25) is 0 Å². The van der Waals surface area contributed by atoms with E-state index in [1.165, 1.54) is 59.1 Å². The zero-order valence-corrected chi connectivity index (χ0v) is 17.7. The number of anilines is 1. The molecule has 0 radical (unpaired) electrons. The smallest absolute Gasteiger partial charge is 0.257 e. The number of carbonyl (C=O) groups excluding carboxylic acids is 1. The van der Waals surface area contributed by atoms with Gasteiger partial charge in [-0.3, -0.25) is 10.1 Å². The first-order chi connectivity index (χ1) is 13.7. The van der Waals surface area contributed by atoms with Crippen molar-refractivity contribution in [3.8, 4) is 11.3 Å². The third-order valence-electron chi connectivity index (χ3n) is 4.35. The summed E-state index contributed by atoms with van der Waals surface area (Å²) in [7, 11) is -2.20. The van der Waals surface area contributed by atoms with E-state index in [9.17, 15) is 17.6 Å². The van der Waals surface area contributed by atoms with Gasteiger partial charge in [0.2, 0.25) is 10.0 Å². The van der Waals surface area contributed by atoms with Gasteiger partial charge in [0.05, 0.1) is 10.6 Å². The zero-order chi connectivity index (χ0) is 21.2. The van der Waals surface area contributed by atoms with E-state index in [4.69, 9.17) is 0 Å². The third-order valence-corrected chi connectivity index (χ3v) is 7.13. The number of benzene rings is 2. The third kappa shape index (κ3) is 4.69. The number of aromatic nitrogens is 1. The number of nitrogens with one attached hydrogen (secondary N) is 1. The second-order valence-corrected chi connectivity index (χ2v) is 9.50. The number of hydrogen-bond donors (Lipinski definition) is 1. The highest BCUT2D eigenvalue weighted by molar-refractivity contribution is 7.89. The molecule has 6 nitrogen and oxygen atoms in total. The van der Waals surface area contributed by atoms with Crippen LogP contribution in [0.1, 0.15) is 24.2 Å². The van der Waals surface area contributed by atoms with Crippen LogP contribution in [-0.2, 0) is 10.0 Å². The van der Waals surface area contributed by atoms with Crippen molar-refractivity contribution in [2.75, 3.05) is 12.4 Å². The lowest BCUT2D eigenvalue weighted by Crippen LogP contribution is -2.33. The van der Waals surface area contributed by atoms with E-state index in [0.29, 0.717) is 16.4 Å². The molecule has 9 heteroatoms. The van der Waals surface area contributed by atoms with Gasteiger partial charge in [-0.05, 0) is 44.2 Å². The number of amides is 1. The summed E-state index contributed by atoms with van der Waals surface area (Å²) in [4.78, 5) is 16.9. The molecule has 1 heterocycles. The molecule has 1 aromatic heterocycles. The van der Waals surface area contributed by atoms with Crippen LogP contribution in [0.5, 0.6) is 0 Å². The highest BCUT2D eigenvalue weighted by Crippen LogP contribution is 2.26. The van der Waals surface area contributed by atoms with E-state index in [1.807, 2.05) is 0 Å². The fraction of sp³-hybridized carbons (Fsp3) is 0.200. The van der Waals surface area contributed by atoms with Crippen molar-refractivity contribution < 1.29 is 17.6 Å². The van der Waals surface area contributed by atoms with Gasteiger partial charge in [-0.25, -0.2) is 17.8 Å². The summed E-state index contributed by atoms with van der Waals surface area (Å²) in [5, 5.41) is 4.71. The van der Waals surface area contributed by atoms with Crippen LogP contribution in [-0.4, -0.2) is 36.7 Å². The van der Waals surface area contributed by atoms with Crippen molar-refractivity contribution in [1.29, 1.82) is 0 Å². The summed E-state index contributed by atoms with van der Waals surface area (Å²) in [5.41, 5.74) is 1.34. The van der Waals surface area contributed by atoms with Crippen LogP contribution >= 0.6 is 11.3 Å². The van der Waals surface area contributed by atoms with Crippen molar-refractivity contribution in [2.45, 2.75) is 24.8 Å². The molecule has 2 aromatic carbocycles. The monoisotopic (exact) mass is 433 g/mol. The Morgan fingerprint density at radius 3 is 2.59 bits per heavy atom. The van der Waals surface area contributed by atoms with Crippen molar-refractivity contribution in [2.24, 2.45) is 0 Å². The Bertz CT molecular complexity index is 1140. The number of hydrogen-bond acceptors (Lipinski definition) is 5. The van der Waals surface area contributed by atoms with Crippen molar-refractivity contribution in [3.63, 3.8) is 0 Å². The molecular weight excluding hydrogens is 413 g/mol. The maximum absolute atomic E-state index is 13.4. The average Bonchev–Trinajstić information content (AvgIpc) is 3.16. The van der Waals surface area contributed by atoms with E-state index >= 15 is 0 Å². The number of carbonyl (C=O) groups is 1. The van der Waals surface area contributed by atoms with E-state index in [1.54, 1.807) is 31.4 Å². The van der Waals surface area contributed by atoms with Crippen molar-refractivity contribution >= 4 is 32.4 Å². The zero-order valence-electron chi connectivity index (χ0n) is 16.1. The molecule has 1 amide bonds. The van der Waals surface area contributed by atoms with Crippen LogP contribution in [0, 0.1) is 5.82 Å². The van der Waals surface area contributed by atoms with Crippen LogP contribution in [0.4, 0.5) is 9.52 Å². The van der Waals surface area contributed by atoms with Crippen LogP contribution < -0.4 is 5.32 Å². The minimum atomic E-state index is -3.70. The lowest BCUT2D eigenvalue weighted by Gasteiger charge is -2.21. The lowest BCUT2D eigenvalue weighted by molar-refractivity contribution is 0.102. The number of rotatable bonds is 6. The molecule has 0 aliphatic carbocycles. The molecule has 0 bridgehead atoms. The second-order valence-electron chi connectivity index (χ2n) is 6.65. The molecule has 1 N–H and O–H groups in total. The van der Waals surface area contributed by atoms with Gasteiger partial charge >= 0.3 is 0 Å². The molecular formula is C20H20FN3O3S2. The lowest BCUT2D eigenvalue weighted by atomic mass is 10.2. The molecule has 0 spiro atoms. The van der Waals surface area contributed by atoms with Gasteiger partial charge in [-0.1, -0.05) is 18.2 Å². The predicted molar refractivity (Wildman–Crippen MR) is 112 cm³/mol. The molecule has 0 aliphatic rings. The Balaban J connectivity index is 1.80. The molecule has 29 heavy (non-hydrogen) atoms. The minimum Gasteiger partial charge on any atom is -0.298 e. The first-order valence-electron chi connectivity index (χ1n) is 8.79. The Kier molecular flexibility index (Phi) is 6.11. The predicted octanol–water partition coefficient (Wildman–Crippen LogP) is 4.23. The van der Waals surface area contributed by atoms with Crippen LogP contribution in [0.3, 0.4) is 0 Å². The molecule has 3 aromatic rings. The topological polar surface area (TPSA) is 79.4 Å². The van der Waals surface area contributed by atoms with Gasteiger partial charge in [0.25, 0.3) is 5.91 Å². The van der Waals surface area contributed by atoms with E-state index in [2.05, 4.69) is 10.3 Å². The average molecular weight is 434 g/mol. The fourth-order valence-electron chi connectivity index (χ4n) is 2.52. The summed E-state index contributed by atoms with van der Waals surface area (Å²) in [5.74, 6) is -0.847. The van der Waals surface area contributed by atoms with Gasteiger partial charge in [0, 0.05) is 29.6 Å². The number of nitrogens with zero attached hydrogens (tertiary/aromatic N) is 2. The van der Waals surface area contributed by atoms with E-state index in [0.717, 1.165) is 0 Å². The first-order valence-corrected chi connectivity index (χ1v) is 11.1.